The summed E-state index contributed by atoms with van der Waals surface area (Å²) < 4.78 is 5.35. The largest absolute Gasteiger partial charge is 0.408 e. The molecule has 3 N–H and O–H groups in total. The average Bonchev–Trinajstić information content (AvgIpc) is 2.98. The van der Waals surface area contributed by atoms with Crippen LogP contribution in [-0.2, 0) is 4.79 Å². The minimum Gasteiger partial charge on any atom is -0.408 e. The number of rotatable bonds is 4. The van der Waals surface area contributed by atoms with Gasteiger partial charge in [0.1, 0.15) is 0 Å². The van der Waals surface area contributed by atoms with Crippen molar-refractivity contribution in [1.82, 2.24) is 10.2 Å². The first kappa shape index (κ1) is 10.7. The molecule has 0 unspecified atom stereocenters. The van der Waals surface area contributed by atoms with Crippen LogP contribution in [0.4, 0.5) is 6.01 Å². The fourth-order valence-electron chi connectivity index (χ4n) is 2.07. The number of hydrogen-bond donors (Lipinski definition) is 2. The van der Waals surface area contributed by atoms with Gasteiger partial charge < -0.3 is 10.2 Å². The molecule has 6 nitrogen and oxygen atoms in total. The van der Waals surface area contributed by atoms with Crippen molar-refractivity contribution in [2.24, 2.45) is 5.73 Å². The van der Waals surface area contributed by atoms with Gasteiger partial charge in [0.25, 0.3) is 0 Å². The van der Waals surface area contributed by atoms with E-state index in [1.54, 1.807) is 0 Å². The summed E-state index contributed by atoms with van der Waals surface area (Å²) in [6, 6.07) is 0.194. The van der Waals surface area contributed by atoms with Crippen molar-refractivity contribution >= 4 is 11.9 Å². The molecule has 2 aliphatic carbocycles. The molecule has 0 aromatic carbocycles. The zero-order valence-electron chi connectivity index (χ0n) is 9.61. The maximum atomic E-state index is 11.7. The number of nitrogens with two attached hydrogens (primary N) is 1. The Morgan fingerprint density at radius 2 is 2.24 bits per heavy atom. The molecule has 2 saturated carbocycles. The van der Waals surface area contributed by atoms with E-state index in [0.29, 0.717) is 18.2 Å². The fourth-order valence-corrected chi connectivity index (χ4v) is 2.07. The third kappa shape index (κ3) is 2.31. The summed E-state index contributed by atoms with van der Waals surface area (Å²) in [5.74, 6) is 0.894. The van der Waals surface area contributed by atoms with Crippen LogP contribution in [0.3, 0.4) is 0 Å². The first-order chi connectivity index (χ1) is 8.15. The summed E-state index contributed by atoms with van der Waals surface area (Å²) in [5, 5.41) is 10.3. The van der Waals surface area contributed by atoms with Gasteiger partial charge in [-0.2, -0.15) is 0 Å². The van der Waals surface area contributed by atoms with Crippen LogP contribution in [0.25, 0.3) is 0 Å². The molecule has 0 saturated heterocycles. The molecule has 0 radical (unpaired) electrons. The van der Waals surface area contributed by atoms with E-state index in [-0.39, 0.29) is 17.5 Å². The molecule has 92 valence electrons. The van der Waals surface area contributed by atoms with Gasteiger partial charge in [0.05, 0.1) is 0 Å². The predicted molar refractivity (Wildman–Crippen MR) is 60.3 cm³/mol. The summed E-state index contributed by atoms with van der Waals surface area (Å²) >= 11 is 0. The highest BCUT2D eigenvalue weighted by Gasteiger charge is 2.35. The molecule has 1 heterocycles. The summed E-state index contributed by atoms with van der Waals surface area (Å²) in [6.07, 6.45) is 5.46. The lowest BCUT2D eigenvalue weighted by atomic mass is 9.75. The van der Waals surface area contributed by atoms with Crippen LogP contribution >= 0.6 is 0 Å². The third-order valence-corrected chi connectivity index (χ3v) is 3.48. The molecular weight excluding hydrogens is 220 g/mol. The summed E-state index contributed by atoms with van der Waals surface area (Å²) in [4.78, 5) is 11.7. The van der Waals surface area contributed by atoms with Crippen LogP contribution in [0.15, 0.2) is 4.42 Å². The Bertz CT molecular complexity index is 434. The number of nitrogens with zero attached hydrogens (tertiary/aromatic N) is 2. The summed E-state index contributed by atoms with van der Waals surface area (Å²) in [7, 11) is 0. The maximum Gasteiger partial charge on any atom is 0.322 e. The predicted octanol–water partition coefficient (Wildman–Crippen LogP) is 1.16. The second-order valence-electron chi connectivity index (χ2n) is 5.16. The van der Waals surface area contributed by atoms with Gasteiger partial charge in [-0.3, -0.25) is 10.1 Å². The minimum absolute atomic E-state index is 0.141. The highest BCUT2D eigenvalue weighted by Crippen LogP contribution is 2.39. The number of anilines is 1. The standard InChI is InChI=1S/C11H16N4O2/c12-11(4-1-5-11)6-8(16)13-10-15-14-9(17-10)7-2-3-7/h7H,1-6,12H2,(H,13,15,16). The first-order valence-electron chi connectivity index (χ1n) is 6.07. The average molecular weight is 236 g/mol. The van der Waals surface area contributed by atoms with Crippen molar-refractivity contribution in [3.05, 3.63) is 5.89 Å². The summed E-state index contributed by atoms with van der Waals surface area (Å²) in [6.45, 7) is 0. The molecule has 1 amide bonds. The van der Waals surface area contributed by atoms with Gasteiger partial charge in [0.15, 0.2) is 0 Å². The van der Waals surface area contributed by atoms with Gasteiger partial charge in [0, 0.05) is 17.9 Å². The number of carbonyl (C=O) groups is 1. The first-order valence-corrected chi connectivity index (χ1v) is 6.07. The van der Waals surface area contributed by atoms with Crippen LogP contribution in [0.5, 0.6) is 0 Å². The Morgan fingerprint density at radius 3 is 2.82 bits per heavy atom. The van der Waals surface area contributed by atoms with E-state index >= 15 is 0 Å². The highest BCUT2D eigenvalue weighted by molar-refractivity contribution is 5.89. The molecule has 0 atom stereocenters. The molecule has 0 bridgehead atoms. The van der Waals surface area contributed by atoms with E-state index in [2.05, 4.69) is 15.5 Å². The van der Waals surface area contributed by atoms with Crippen LogP contribution < -0.4 is 11.1 Å². The van der Waals surface area contributed by atoms with Gasteiger partial charge in [-0.15, -0.1) is 5.10 Å². The maximum absolute atomic E-state index is 11.7. The zero-order chi connectivity index (χ0) is 11.9. The molecule has 6 heteroatoms. The van der Waals surface area contributed by atoms with Gasteiger partial charge in [-0.05, 0) is 32.1 Å². The Hall–Kier alpha value is -1.43. The number of hydrogen-bond acceptors (Lipinski definition) is 5. The third-order valence-electron chi connectivity index (χ3n) is 3.48. The molecule has 2 fully saturated rings. The fraction of sp³-hybridized carbons (Fsp3) is 0.727. The van der Waals surface area contributed by atoms with E-state index in [4.69, 9.17) is 10.2 Å². The number of amides is 1. The molecule has 0 spiro atoms. The van der Waals surface area contributed by atoms with Crippen molar-refractivity contribution in [1.29, 1.82) is 0 Å². The van der Waals surface area contributed by atoms with Crippen molar-refractivity contribution < 1.29 is 9.21 Å². The molecule has 17 heavy (non-hydrogen) atoms. The topological polar surface area (TPSA) is 94.0 Å². The zero-order valence-corrected chi connectivity index (χ0v) is 9.61. The van der Waals surface area contributed by atoms with Gasteiger partial charge in [0.2, 0.25) is 11.8 Å². The number of carbonyl (C=O) groups excluding carboxylic acids is 1. The lowest BCUT2D eigenvalue weighted by molar-refractivity contribution is -0.118. The number of nitrogens with one attached hydrogen (secondary N) is 1. The van der Waals surface area contributed by atoms with Crippen LogP contribution in [0.2, 0.25) is 0 Å². The Balaban J connectivity index is 1.55. The van der Waals surface area contributed by atoms with E-state index in [9.17, 15) is 4.79 Å². The highest BCUT2D eigenvalue weighted by atomic mass is 16.4. The molecule has 1 aromatic heterocycles. The second kappa shape index (κ2) is 3.80. The smallest absolute Gasteiger partial charge is 0.322 e. The minimum atomic E-state index is -0.316. The normalized spacial score (nSPS) is 21.9. The lowest BCUT2D eigenvalue weighted by Gasteiger charge is -2.37. The monoisotopic (exact) mass is 236 g/mol. The van der Waals surface area contributed by atoms with E-state index < -0.39 is 0 Å². The van der Waals surface area contributed by atoms with Crippen molar-refractivity contribution in [2.75, 3.05) is 5.32 Å². The SMILES string of the molecule is NC1(CC(=O)Nc2nnc(C3CC3)o2)CCC1. The lowest BCUT2D eigenvalue weighted by Crippen LogP contribution is -2.48. The van der Waals surface area contributed by atoms with Crippen molar-refractivity contribution in [3.63, 3.8) is 0 Å². The van der Waals surface area contributed by atoms with Gasteiger partial charge in [-0.1, -0.05) is 5.10 Å². The van der Waals surface area contributed by atoms with Crippen LogP contribution in [0.1, 0.15) is 50.3 Å². The molecule has 2 aliphatic rings. The second-order valence-corrected chi connectivity index (χ2v) is 5.16. The molecule has 1 aromatic rings. The van der Waals surface area contributed by atoms with Crippen LogP contribution in [0, 0.1) is 0 Å². The van der Waals surface area contributed by atoms with Gasteiger partial charge in [-0.25, -0.2) is 0 Å². The van der Waals surface area contributed by atoms with E-state index in [1.165, 1.54) is 0 Å². The van der Waals surface area contributed by atoms with Crippen molar-refractivity contribution in [3.8, 4) is 0 Å². The Morgan fingerprint density at radius 1 is 1.47 bits per heavy atom. The Kier molecular flexibility index (Phi) is 2.39. The van der Waals surface area contributed by atoms with Gasteiger partial charge >= 0.3 is 6.01 Å². The quantitative estimate of drug-likeness (QED) is 0.818. The molecule has 3 rings (SSSR count). The van der Waals surface area contributed by atoms with Crippen molar-refractivity contribution in [2.45, 2.75) is 50.0 Å². The Labute approximate surface area is 99.0 Å². The molecular formula is C11H16N4O2. The van der Waals surface area contributed by atoms with Crippen LogP contribution in [-0.4, -0.2) is 21.6 Å². The van der Waals surface area contributed by atoms with E-state index in [1.807, 2.05) is 0 Å². The molecule has 0 aliphatic heterocycles. The van der Waals surface area contributed by atoms with E-state index in [0.717, 1.165) is 32.1 Å². The number of aromatic nitrogens is 2. The summed E-state index contributed by atoms with van der Waals surface area (Å²) in [5.41, 5.74) is 5.68.